The topological polar surface area (TPSA) is 166 Å². The number of hydrogen-bond acceptors (Lipinski definition) is 11. The first-order valence-electron chi connectivity index (χ1n) is 15.8. The number of aliphatic hydroxyl groups is 1. The molecule has 244 valence electrons. The zero-order valence-corrected chi connectivity index (χ0v) is 26.7. The van der Waals surface area contributed by atoms with Gasteiger partial charge in [-0.2, -0.15) is 0 Å². The van der Waals surface area contributed by atoms with Crippen LogP contribution in [0.5, 0.6) is 5.75 Å². The van der Waals surface area contributed by atoms with E-state index in [-0.39, 0.29) is 54.3 Å². The second-order valence-corrected chi connectivity index (χ2v) is 13.0. The number of carbonyl (C=O) groups is 3. The van der Waals surface area contributed by atoms with Crippen molar-refractivity contribution >= 4 is 23.3 Å². The summed E-state index contributed by atoms with van der Waals surface area (Å²) < 4.78 is 24.0. The van der Waals surface area contributed by atoms with Gasteiger partial charge >= 0.3 is 5.97 Å². The van der Waals surface area contributed by atoms with E-state index in [1.165, 1.54) is 20.3 Å². The first-order chi connectivity index (χ1) is 22.5. The number of para-hydroxylation sites is 1. The number of benzene rings is 2. The number of hydrogen-bond donors (Lipinski definition) is 3. The van der Waals surface area contributed by atoms with E-state index < -0.39 is 41.0 Å². The third-order valence-electron chi connectivity index (χ3n) is 9.65. The third-order valence-corrected chi connectivity index (χ3v) is 9.65. The molecule has 3 N–H and O–H groups in total. The van der Waals surface area contributed by atoms with Crippen molar-refractivity contribution in [3.63, 3.8) is 0 Å². The summed E-state index contributed by atoms with van der Waals surface area (Å²) in [6, 6.07) is 12.8. The van der Waals surface area contributed by atoms with Gasteiger partial charge in [0.2, 0.25) is 17.7 Å². The van der Waals surface area contributed by atoms with Crippen LogP contribution in [0.25, 0.3) is 11.6 Å². The molecule has 0 radical (unpaired) electrons. The maximum Gasteiger partial charge on any atom is 0.360 e. The Morgan fingerprint density at radius 2 is 1.94 bits per heavy atom. The lowest BCUT2D eigenvalue weighted by atomic mass is 9.72. The van der Waals surface area contributed by atoms with Crippen molar-refractivity contribution in [1.29, 1.82) is 0 Å². The summed E-state index contributed by atoms with van der Waals surface area (Å²) in [4.78, 5) is 49.0. The van der Waals surface area contributed by atoms with Crippen LogP contribution in [0.1, 0.15) is 85.4 Å². The maximum atomic E-state index is 14.0. The molecular formula is C35H36N4O8. The third kappa shape index (κ3) is 4.72. The lowest BCUT2D eigenvalue weighted by Crippen LogP contribution is -2.42. The van der Waals surface area contributed by atoms with Crippen LogP contribution in [0.3, 0.4) is 0 Å². The van der Waals surface area contributed by atoms with Crippen molar-refractivity contribution in [2.75, 3.05) is 12.4 Å². The number of amides is 1. The minimum absolute atomic E-state index is 0.0338. The number of oxazole rings is 2. The van der Waals surface area contributed by atoms with Gasteiger partial charge in [0.05, 0.1) is 7.11 Å². The molecule has 1 amide bonds. The zero-order valence-electron chi connectivity index (χ0n) is 26.7. The van der Waals surface area contributed by atoms with E-state index in [1.807, 2.05) is 56.3 Å². The lowest BCUT2D eigenvalue weighted by Gasteiger charge is -2.29. The van der Waals surface area contributed by atoms with Gasteiger partial charge in [0.25, 0.3) is 0 Å². The van der Waals surface area contributed by atoms with Crippen molar-refractivity contribution in [1.82, 2.24) is 15.3 Å². The van der Waals surface area contributed by atoms with Crippen LogP contribution < -0.4 is 15.4 Å². The van der Waals surface area contributed by atoms with E-state index in [4.69, 9.17) is 23.3 Å². The number of Topliss-reactive ketones (excluding diaryl/α,β-unsaturated/α-hetero) is 1. The van der Waals surface area contributed by atoms with Gasteiger partial charge in [-0.3, -0.25) is 9.59 Å². The number of methoxy groups -OCH3 is 1. The van der Waals surface area contributed by atoms with Crippen LogP contribution in [0.2, 0.25) is 0 Å². The fraction of sp³-hybridized carbons (Fsp3) is 0.400. The number of aromatic nitrogens is 2. The summed E-state index contributed by atoms with van der Waals surface area (Å²) in [5.41, 5.74) is 0.847. The molecule has 3 aliphatic rings. The molecule has 0 saturated carbocycles. The molecule has 4 aromatic rings. The van der Waals surface area contributed by atoms with E-state index in [2.05, 4.69) is 15.6 Å². The average molecular weight is 641 g/mol. The van der Waals surface area contributed by atoms with Crippen LogP contribution in [0, 0.1) is 11.8 Å². The molecular weight excluding hydrogens is 604 g/mol. The van der Waals surface area contributed by atoms with Crippen molar-refractivity contribution in [3.05, 3.63) is 82.8 Å². The summed E-state index contributed by atoms with van der Waals surface area (Å²) in [6.45, 7) is 7.06. The summed E-state index contributed by atoms with van der Waals surface area (Å²) in [6.07, 6.45) is 0.869. The van der Waals surface area contributed by atoms with Gasteiger partial charge in [-0.15, -0.1) is 0 Å². The Balaban J connectivity index is 1.48. The molecule has 0 saturated heterocycles. The number of esters is 1. The molecule has 1 spiro atoms. The SMILES string of the molecule is CCC(C)(O)C(=O)CC1Cc2ccc3c(c2)C2(c4ccccc4N[C@H]2O3)c2oc(nc2-c2nc(C(=O)OC)co2)[C@H](C(C)C)NC1=O. The standard InChI is InChI=1S/C35H36N4O8/c1-6-34(4,43)25(40)15-19-13-18-11-12-24-21(14-18)35(20-9-7-8-10-22(20)37-33(35)46-24)28-27(30-36-23(16-45-30)32(42)44-5)39-31(47-28)26(17(2)3)38-29(19)41/h7-12,14,16-17,19,26,33,37,43H,6,13,15H2,1-5H3,(H,38,41)/t19?,26-,33-,34?,35?/m0/s1. The van der Waals surface area contributed by atoms with Gasteiger partial charge in [-0.1, -0.05) is 51.1 Å². The second-order valence-electron chi connectivity index (χ2n) is 13.0. The molecule has 12 nitrogen and oxygen atoms in total. The van der Waals surface area contributed by atoms with Crippen LogP contribution in [0.15, 0.2) is 57.6 Å². The summed E-state index contributed by atoms with van der Waals surface area (Å²) >= 11 is 0. The quantitative estimate of drug-likeness (QED) is 0.240. The number of nitrogens with zero attached hydrogens (tertiary/aromatic N) is 2. The van der Waals surface area contributed by atoms with Crippen LogP contribution in [0.4, 0.5) is 5.69 Å². The number of carbonyl (C=O) groups excluding carboxylic acids is 3. The Bertz CT molecular complexity index is 1910. The highest BCUT2D eigenvalue weighted by Crippen LogP contribution is 2.59. The van der Waals surface area contributed by atoms with Crippen LogP contribution in [-0.2, 0) is 26.2 Å². The minimum atomic E-state index is -1.56. The molecule has 47 heavy (non-hydrogen) atoms. The van der Waals surface area contributed by atoms with E-state index >= 15 is 0 Å². The summed E-state index contributed by atoms with van der Waals surface area (Å²) in [5.74, 6) is -1.22. The molecule has 0 fully saturated rings. The fourth-order valence-corrected chi connectivity index (χ4v) is 6.78. The molecule has 2 aromatic heterocycles. The molecule has 12 heteroatoms. The first kappa shape index (κ1) is 30.7. The van der Waals surface area contributed by atoms with Crippen molar-refractivity contribution in [2.45, 2.75) is 70.2 Å². The highest BCUT2D eigenvalue weighted by Gasteiger charge is 2.61. The number of ketones is 1. The van der Waals surface area contributed by atoms with Crippen LogP contribution >= 0.6 is 0 Å². The molecule has 7 rings (SSSR count). The molecule has 4 bridgehead atoms. The van der Waals surface area contributed by atoms with Gasteiger partial charge in [-0.25, -0.2) is 14.8 Å². The van der Waals surface area contributed by atoms with Gasteiger partial charge in [-0.05, 0) is 48.9 Å². The molecule has 5 atom stereocenters. The monoisotopic (exact) mass is 640 g/mol. The van der Waals surface area contributed by atoms with Gasteiger partial charge in [0, 0.05) is 23.6 Å². The van der Waals surface area contributed by atoms with Crippen LogP contribution in [-0.4, -0.2) is 51.7 Å². The number of fused-ring (bicyclic) bond motifs is 4. The molecule has 2 aromatic carbocycles. The Kier molecular flexibility index (Phi) is 7.23. The number of rotatable bonds is 7. The maximum absolute atomic E-state index is 14.0. The number of ether oxygens (including phenoxy) is 2. The smallest absolute Gasteiger partial charge is 0.360 e. The summed E-state index contributed by atoms with van der Waals surface area (Å²) in [5, 5.41) is 17.4. The fourth-order valence-electron chi connectivity index (χ4n) is 6.78. The van der Waals surface area contributed by atoms with Crippen molar-refractivity contribution in [3.8, 4) is 17.3 Å². The largest absolute Gasteiger partial charge is 0.469 e. The highest BCUT2D eigenvalue weighted by molar-refractivity contribution is 5.92. The molecule has 3 aliphatic heterocycles. The Morgan fingerprint density at radius 3 is 2.68 bits per heavy atom. The summed E-state index contributed by atoms with van der Waals surface area (Å²) in [7, 11) is 1.26. The van der Waals surface area contributed by atoms with Crippen molar-refractivity contribution < 1.29 is 37.8 Å². The average Bonchev–Trinajstić information content (AvgIpc) is 3.83. The molecule has 0 aliphatic carbocycles. The number of nitrogens with one attached hydrogen (secondary N) is 2. The lowest BCUT2D eigenvalue weighted by molar-refractivity contribution is -0.140. The Morgan fingerprint density at radius 1 is 1.15 bits per heavy atom. The van der Waals surface area contributed by atoms with E-state index in [1.54, 1.807) is 6.92 Å². The van der Waals surface area contributed by atoms with E-state index in [0.29, 0.717) is 11.5 Å². The van der Waals surface area contributed by atoms with Gasteiger partial charge < -0.3 is 34.0 Å². The van der Waals surface area contributed by atoms with Crippen molar-refractivity contribution in [2.24, 2.45) is 11.8 Å². The normalized spacial score (nSPS) is 23.7. The number of anilines is 1. The van der Waals surface area contributed by atoms with Gasteiger partial charge in [0.15, 0.2) is 29.2 Å². The van der Waals surface area contributed by atoms with Gasteiger partial charge in [0.1, 0.15) is 29.1 Å². The predicted molar refractivity (Wildman–Crippen MR) is 168 cm³/mol. The second kappa shape index (κ2) is 11.1. The minimum Gasteiger partial charge on any atom is -0.469 e. The van der Waals surface area contributed by atoms with E-state index in [0.717, 1.165) is 22.4 Å². The molecule has 3 unspecified atom stereocenters. The first-order valence-corrected chi connectivity index (χ1v) is 15.8. The molecule has 5 heterocycles. The Hall–Kier alpha value is -4.97. The predicted octanol–water partition coefficient (Wildman–Crippen LogP) is 4.70. The zero-order chi connectivity index (χ0) is 33.2. The Labute approximate surface area is 270 Å². The highest BCUT2D eigenvalue weighted by atomic mass is 16.5. The van der Waals surface area contributed by atoms with E-state index in [9.17, 15) is 19.5 Å².